The van der Waals surface area contributed by atoms with Gasteiger partial charge in [0.1, 0.15) is 0 Å². The standard InChI is InChI=1S/C24H22Cl2N2O2S/c1-15-3-8-20(14-22(15)26)28-24(30)16(2)31-21-11-9-19(10-12-21)27-23(29)13-17-4-6-18(25)7-5-17/h3-12,14,16H,13H2,1-2H3,(H,27,29)(H,28,30). The first kappa shape index (κ1) is 23.2. The van der Waals surface area contributed by atoms with Crippen LogP contribution in [0.2, 0.25) is 10.0 Å². The number of carbonyl (C=O) groups is 2. The SMILES string of the molecule is Cc1ccc(NC(=O)C(C)Sc2ccc(NC(=O)Cc3ccc(Cl)cc3)cc2)cc1Cl. The minimum Gasteiger partial charge on any atom is -0.326 e. The van der Waals surface area contributed by atoms with Gasteiger partial charge in [-0.2, -0.15) is 0 Å². The molecule has 0 saturated carbocycles. The van der Waals surface area contributed by atoms with Gasteiger partial charge < -0.3 is 10.6 Å². The van der Waals surface area contributed by atoms with Crippen LogP contribution >= 0.6 is 35.0 Å². The second-order valence-corrected chi connectivity index (χ2v) is 9.35. The van der Waals surface area contributed by atoms with Crippen LogP contribution < -0.4 is 10.6 Å². The average molecular weight is 473 g/mol. The minimum atomic E-state index is -0.301. The predicted octanol–water partition coefficient (Wildman–Crippen LogP) is 6.60. The van der Waals surface area contributed by atoms with E-state index in [4.69, 9.17) is 23.2 Å². The first-order chi connectivity index (χ1) is 14.8. The number of aryl methyl sites for hydroxylation is 1. The second kappa shape index (κ2) is 10.7. The van der Waals surface area contributed by atoms with E-state index < -0.39 is 0 Å². The van der Waals surface area contributed by atoms with E-state index in [-0.39, 0.29) is 23.5 Å². The van der Waals surface area contributed by atoms with Crippen LogP contribution in [0.5, 0.6) is 0 Å². The van der Waals surface area contributed by atoms with Gasteiger partial charge in [0, 0.05) is 26.3 Å². The molecule has 31 heavy (non-hydrogen) atoms. The van der Waals surface area contributed by atoms with E-state index in [2.05, 4.69) is 10.6 Å². The summed E-state index contributed by atoms with van der Waals surface area (Å²) in [4.78, 5) is 25.6. The number of halogens is 2. The topological polar surface area (TPSA) is 58.2 Å². The molecule has 0 saturated heterocycles. The number of thioether (sulfide) groups is 1. The van der Waals surface area contributed by atoms with Crippen molar-refractivity contribution in [3.05, 3.63) is 87.9 Å². The molecular weight excluding hydrogens is 451 g/mol. The number of amides is 2. The molecule has 0 radical (unpaired) electrons. The zero-order chi connectivity index (χ0) is 22.4. The molecule has 2 N–H and O–H groups in total. The highest BCUT2D eigenvalue weighted by Gasteiger charge is 2.15. The molecule has 0 aliphatic heterocycles. The lowest BCUT2D eigenvalue weighted by Crippen LogP contribution is -2.22. The van der Waals surface area contributed by atoms with Crippen LogP contribution in [-0.4, -0.2) is 17.1 Å². The summed E-state index contributed by atoms with van der Waals surface area (Å²) in [6.07, 6.45) is 0.272. The molecule has 1 atom stereocenters. The Morgan fingerprint density at radius 3 is 2.19 bits per heavy atom. The fourth-order valence-corrected chi connectivity index (χ4v) is 3.96. The van der Waals surface area contributed by atoms with E-state index >= 15 is 0 Å². The van der Waals surface area contributed by atoms with E-state index in [1.807, 2.05) is 62.4 Å². The van der Waals surface area contributed by atoms with Crippen molar-refractivity contribution in [3.63, 3.8) is 0 Å². The molecule has 3 aromatic carbocycles. The third-order valence-electron chi connectivity index (χ3n) is 4.54. The van der Waals surface area contributed by atoms with Gasteiger partial charge in [0.25, 0.3) is 0 Å². The maximum atomic E-state index is 12.5. The Labute approximate surface area is 196 Å². The van der Waals surface area contributed by atoms with Gasteiger partial charge in [-0.25, -0.2) is 0 Å². The van der Waals surface area contributed by atoms with Crippen molar-refractivity contribution in [2.24, 2.45) is 0 Å². The summed E-state index contributed by atoms with van der Waals surface area (Å²) in [6.45, 7) is 3.76. The largest absolute Gasteiger partial charge is 0.326 e. The molecule has 0 heterocycles. The molecular formula is C24H22Cl2N2O2S. The summed E-state index contributed by atoms with van der Waals surface area (Å²) < 4.78 is 0. The van der Waals surface area contributed by atoms with Gasteiger partial charge in [-0.15, -0.1) is 11.8 Å². The lowest BCUT2D eigenvalue weighted by Gasteiger charge is -2.13. The number of benzene rings is 3. The van der Waals surface area contributed by atoms with Crippen molar-refractivity contribution in [2.75, 3.05) is 10.6 Å². The summed E-state index contributed by atoms with van der Waals surface area (Å²) in [5, 5.41) is 6.72. The molecule has 0 aromatic heterocycles. The maximum absolute atomic E-state index is 12.5. The fourth-order valence-electron chi connectivity index (χ4n) is 2.78. The summed E-state index contributed by atoms with van der Waals surface area (Å²) in [6, 6.07) is 20.1. The third kappa shape index (κ3) is 7.03. The summed E-state index contributed by atoms with van der Waals surface area (Å²) >= 11 is 13.4. The van der Waals surface area contributed by atoms with Crippen molar-refractivity contribution in [2.45, 2.75) is 30.4 Å². The zero-order valence-corrected chi connectivity index (χ0v) is 19.4. The van der Waals surface area contributed by atoms with Crippen LogP contribution in [0.25, 0.3) is 0 Å². The van der Waals surface area contributed by atoms with Crippen molar-refractivity contribution < 1.29 is 9.59 Å². The Bertz CT molecular complexity index is 1070. The Kier molecular flexibility index (Phi) is 8.02. The van der Waals surface area contributed by atoms with E-state index in [1.165, 1.54) is 11.8 Å². The molecule has 0 bridgehead atoms. The first-order valence-corrected chi connectivity index (χ1v) is 11.3. The summed E-state index contributed by atoms with van der Waals surface area (Å²) in [7, 11) is 0. The highest BCUT2D eigenvalue weighted by molar-refractivity contribution is 8.00. The van der Waals surface area contributed by atoms with Gasteiger partial charge in [0.2, 0.25) is 11.8 Å². The van der Waals surface area contributed by atoms with Gasteiger partial charge in [-0.05, 0) is 73.5 Å². The van der Waals surface area contributed by atoms with Gasteiger partial charge in [-0.3, -0.25) is 9.59 Å². The number of anilines is 2. The van der Waals surface area contributed by atoms with Crippen LogP contribution in [-0.2, 0) is 16.0 Å². The van der Waals surface area contributed by atoms with Gasteiger partial charge in [0.15, 0.2) is 0 Å². The molecule has 3 aromatic rings. The quantitative estimate of drug-likeness (QED) is 0.380. The molecule has 0 aliphatic carbocycles. The molecule has 4 nitrogen and oxygen atoms in total. The van der Waals surface area contributed by atoms with Crippen molar-refractivity contribution in [1.82, 2.24) is 0 Å². The maximum Gasteiger partial charge on any atom is 0.237 e. The van der Waals surface area contributed by atoms with E-state index in [0.717, 1.165) is 16.0 Å². The van der Waals surface area contributed by atoms with Crippen molar-refractivity contribution in [1.29, 1.82) is 0 Å². The van der Waals surface area contributed by atoms with E-state index in [1.54, 1.807) is 18.2 Å². The summed E-state index contributed by atoms with van der Waals surface area (Å²) in [5.41, 5.74) is 3.23. The smallest absolute Gasteiger partial charge is 0.237 e. The molecule has 2 amide bonds. The lowest BCUT2D eigenvalue weighted by molar-refractivity contribution is -0.116. The highest BCUT2D eigenvalue weighted by atomic mass is 35.5. The Morgan fingerprint density at radius 2 is 1.55 bits per heavy atom. The zero-order valence-electron chi connectivity index (χ0n) is 17.1. The molecule has 0 fully saturated rings. The van der Waals surface area contributed by atoms with Crippen molar-refractivity contribution in [3.8, 4) is 0 Å². The second-order valence-electron chi connectivity index (χ2n) is 7.09. The number of hydrogen-bond acceptors (Lipinski definition) is 3. The lowest BCUT2D eigenvalue weighted by atomic mass is 10.1. The molecule has 3 rings (SSSR count). The highest BCUT2D eigenvalue weighted by Crippen LogP contribution is 2.26. The van der Waals surface area contributed by atoms with Crippen LogP contribution in [0.3, 0.4) is 0 Å². The Morgan fingerprint density at radius 1 is 0.903 bits per heavy atom. The number of nitrogens with one attached hydrogen (secondary N) is 2. The van der Waals surface area contributed by atoms with Crippen LogP contribution in [0.4, 0.5) is 11.4 Å². The number of rotatable bonds is 7. The molecule has 160 valence electrons. The van der Waals surface area contributed by atoms with Gasteiger partial charge in [-0.1, -0.05) is 41.4 Å². The Balaban J connectivity index is 1.51. The van der Waals surface area contributed by atoms with Crippen molar-refractivity contribution >= 4 is 58.2 Å². The molecule has 7 heteroatoms. The molecule has 1 unspecified atom stereocenters. The van der Waals surface area contributed by atoms with E-state index in [9.17, 15) is 9.59 Å². The Hall–Kier alpha value is -2.47. The fraction of sp³-hybridized carbons (Fsp3) is 0.167. The third-order valence-corrected chi connectivity index (χ3v) is 6.31. The summed E-state index contributed by atoms with van der Waals surface area (Å²) in [5.74, 6) is -0.211. The van der Waals surface area contributed by atoms with Crippen LogP contribution in [0.1, 0.15) is 18.1 Å². The molecule has 0 aliphatic rings. The molecule has 0 spiro atoms. The number of carbonyl (C=O) groups excluding carboxylic acids is 2. The average Bonchev–Trinajstić information content (AvgIpc) is 2.74. The monoisotopic (exact) mass is 472 g/mol. The van der Waals surface area contributed by atoms with E-state index in [0.29, 0.717) is 21.4 Å². The minimum absolute atomic E-state index is 0.104. The predicted molar refractivity (Wildman–Crippen MR) is 130 cm³/mol. The van der Waals surface area contributed by atoms with Gasteiger partial charge >= 0.3 is 0 Å². The normalized spacial score (nSPS) is 11.6. The van der Waals surface area contributed by atoms with Gasteiger partial charge in [0.05, 0.1) is 11.7 Å². The first-order valence-electron chi connectivity index (χ1n) is 9.68. The van der Waals surface area contributed by atoms with Crippen LogP contribution in [0, 0.1) is 6.92 Å². The van der Waals surface area contributed by atoms with Crippen LogP contribution in [0.15, 0.2) is 71.6 Å². The number of hydrogen-bond donors (Lipinski definition) is 2.